The highest BCUT2D eigenvalue weighted by Crippen LogP contribution is 2.16. The highest BCUT2D eigenvalue weighted by molar-refractivity contribution is 5.72. The smallest absolute Gasteiger partial charge is 0.222 e. The summed E-state index contributed by atoms with van der Waals surface area (Å²) in [5.74, 6) is 0.598. The molecule has 2 heterocycles. The third-order valence-corrected chi connectivity index (χ3v) is 4.14. The summed E-state index contributed by atoms with van der Waals surface area (Å²) in [5.41, 5.74) is 4.14. The molecule has 1 aromatic heterocycles. The van der Waals surface area contributed by atoms with Crippen LogP contribution in [0.5, 0.6) is 0 Å². The van der Waals surface area contributed by atoms with Gasteiger partial charge < -0.3 is 15.5 Å². The maximum absolute atomic E-state index is 4.43. The molecule has 0 bridgehead atoms. The second-order valence-electron chi connectivity index (χ2n) is 6.20. The molecule has 0 atom stereocenters. The van der Waals surface area contributed by atoms with E-state index < -0.39 is 0 Å². The van der Waals surface area contributed by atoms with Crippen LogP contribution in [0.25, 0.3) is 5.70 Å². The number of anilines is 1. The van der Waals surface area contributed by atoms with Crippen LogP contribution in [0.3, 0.4) is 0 Å². The lowest BCUT2D eigenvalue weighted by Gasteiger charge is -2.22. The van der Waals surface area contributed by atoms with Gasteiger partial charge in [-0.05, 0) is 25.8 Å². The van der Waals surface area contributed by atoms with Crippen LogP contribution in [0, 0.1) is 0 Å². The third-order valence-electron chi connectivity index (χ3n) is 4.14. The minimum Gasteiger partial charge on any atom is -0.372 e. The number of aliphatic imine (C=N–C) groups is 1. The Hall–Kier alpha value is -3.15. The highest BCUT2D eigenvalue weighted by atomic mass is 15.3. The van der Waals surface area contributed by atoms with Gasteiger partial charge >= 0.3 is 0 Å². The molecular weight excluding hydrogens is 396 g/mol. The van der Waals surface area contributed by atoms with Gasteiger partial charge in [-0.3, -0.25) is 4.99 Å². The highest BCUT2D eigenvalue weighted by Gasteiger charge is 2.15. The predicted octanol–water partition coefficient (Wildman–Crippen LogP) is 6.18. The molecule has 6 heteroatoms. The number of nitrogens with one attached hydrogen (secondary N) is 2. The van der Waals surface area contributed by atoms with Crippen molar-refractivity contribution < 1.29 is 0 Å². The summed E-state index contributed by atoms with van der Waals surface area (Å²) in [6.45, 7) is 20.1. The van der Waals surface area contributed by atoms with E-state index in [1.54, 1.807) is 18.6 Å². The molecule has 6 nitrogen and oxygen atoms in total. The number of rotatable bonds is 10. The van der Waals surface area contributed by atoms with E-state index in [1.807, 2.05) is 66.0 Å². The van der Waals surface area contributed by atoms with Gasteiger partial charge in [-0.25, -0.2) is 9.97 Å². The number of hydrogen-bond acceptors (Lipinski definition) is 6. The third kappa shape index (κ3) is 10.2. The Morgan fingerprint density at radius 2 is 1.91 bits per heavy atom. The summed E-state index contributed by atoms with van der Waals surface area (Å²) in [6.07, 6.45) is 18.4. The standard InChI is InChI=1S/C22H30N6.2C2H6/c1-5-9-11-18(7-3)16-28-17-23-14-20(28)15-27-22-25-12-19(13-26-22)21(10-6-2)24-8-4;2*1-2/h5,7-14,23H,3,6,15-17H2,1-2,4H3,(H,25,26,27);2*1-2H3/b9-5-,18-11+,21-10-,24-8?;;. The first-order valence-electron chi connectivity index (χ1n) is 11.6. The van der Waals surface area contributed by atoms with Gasteiger partial charge in [-0.15, -0.1) is 0 Å². The molecule has 1 aliphatic heterocycles. The van der Waals surface area contributed by atoms with Crippen molar-refractivity contribution in [1.82, 2.24) is 20.2 Å². The SMILES string of the molecule is C=C/C(=C\C=C/C)CN1CNC=C1CNc1ncc(/C(=C/CC)N=CC)cn1.CC.CC. The lowest BCUT2D eigenvalue weighted by molar-refractivity contribution is 0.393. The maximum Gasteiger partial charge on any atom is 0.222 e. The van der Waals surface area contributed by atoms with Crippen LogP contribution in [-0.4, -0.2) is 40.8 Å². The van der Waals surface area contributed by atoms with Crippen molar-refractivity contribution in [2.45, 2.75) is 54.9 Å². The van der Waals surface area contributed by atoms with Crippen LogP contribution in [0.15, 0.2) is 71.8 Å². The fourth-order valence-electron chi connectivity index (χ4n) is 2.71. The van der Waals surface area contributed by atoms with Crippen molar-refractivity contribution in [2.75, 3.05) is 25.1 Å². The van der Waals surface area contributed by atoms with Gasteiger partial charge in [0, 0.05) is 36.9 Å². The average molecular weight is 439 g/mol. The average Bonchev–Trinajstić information content (AvgIpc) is 3.30. The van der Waals surface area contributed by atoms with Crippen molar-refractivity contribution in [3.8, 4) is 0 Å². The largest absolute Gasteiger partial charge is 0.372 e. The van der Waals surface area contributed by atoms with E-state index in [0.29, 0.717) is 12.5 Å². The Morgan fingerprint density at radius 1 is 1.22 bits per heavy atom. The Labute approximate surface area is 195 Å². The molecule has 1 aliphatic rings. The van der Waals surface area contributed by atoms with E-state index in [2.05, 4.69) is 56.1 Å². The van der Waals surface area contributed by atoms with Crippen LogP contribution >= 0.6 is 0 Å². The molecule has 0 amide bonds. The zero-order chi connectivity index (χ0) is 24.2. The minimum absolute atomic E-state index is 0.598. The molecular formula is C26H42N6. The van der Waals surface area contributed by atoms with Gasteiger partial charge in [0.1, 0.15) is 0 Å². The molecule has 0 unspecified atom stereocenters. The molecule has 0 aromatic carbocycles. The summed E-state index contributed by atoms with van der Waals surface area (Å²) in [6, 6.07) is 0. The number of hydrogen-bond donors (Lipinski definition) is 2. The maximum atomic E-state index is 4.43. The van der Waals surface area contributed by atoms with Crippen molar-refractivity contribution in [2.24, 2.45) is 4.99 Å². The lowest BCUT2D eigenvalue weighted by Crippen LogP contribution is -2.28. The number of allylic oxidation sites excluding steroid dienone is 4. The first kappa shape index (κ1) is 28.9. The van der Waals surface area contributed by atoms with Crippen LogP contribution in [-0.2, 0) is 0 Å². The molecule has 2 rings (SSSR count). The second-order valence-corrected chi connectivity index (χ2v) is 6.20. The van der Waals surface area contributed by atoms with Crippen LogP contribution < -0.4 is 10.6 Å². The van der Waals surface area contributed by atoms with Crippen LogP contribution in [0.2, 0.25) is 0 Å². The van der Waals surface area contributed by atoms with E-state index in [0.717, 1.165) is 36.6 Å². The zero-order valence-corrected chi connectivity index (χ0v) is 21.0. The van der Waals surface area contributed by atoms with E-state index in [-0.39, 0.29) is 0 Å². The normalized spacial score (nSPS) is 13.7. The van der Waals surface area contributed by atoms with E-state index in [4.69, 9.17) is 0 Å². The zero-order valence-electron chi connectivity index (χ0n) is 21.0. The summed E-state index contributed by atoms with van der Waals surface area (Å²) < 4.78 is 0. The first-order valence-corrected chi connectivity index (χ1v) is 11.6. The van der Waals surface area contributed by atoms with Crippen LogP contribution in [0.4, 0.5) is 5.95 Å². The first-order chi connectivity index (χ1) is 15.7. The molecule has 32 heavy (non-hydrogen) atoms. The minimum atomic E-state index is 0.598. The Balaban J connectivity index is 0.00000227. The Morgan fingerprint density at radius 3 is 2.47 bits per heavy atom. The molecule has 0 saturated carbocycles. The number of nitrogens with zero attached hydrogens (tertiary/aromatic N) is 4. The van der Waals surface area contributed by atoms with Crippen molar-refractivity contribution in [3.63, 3.8) is 0 Å². The summed E-state index contributed by atoms with van der Waals surface area (Å²) in [5, 5.41) is 6.57. The van der Waals surface area contributed by atoms with Crippen molar-refractivity contribution >= 4 is 17.9 Å². The van der Waals surface area contributed by atoms with E-state index in [1.165, 1.54) is 5.57 Å². The lowest BCUT2D eigenvalue weighted by atomic mass is 10.2. The van der Waals surface area contributed by atoms with Gasteiger partial charge in [0.15, 0.2) is 0 Å². The molecule has 0 aliphatic carbocycles. The molecule has 1 aromatic rings. The molecule has 0 radical (unpaired) electrons. The van der Waals surface area contributed by atoms with Gasteiger partial charge in [-0.2, -0.15) is 0 Å². The van der Waals surface area contributed by atoms with Crippen molar-refractivity contribution in [1.29, 1.82) is 0 Å². The van der Waals surface area contributed by atoms with Crippen molar-refractivity contribution in [3.05, 3.63) is 72.4 Å². The fourth-order valence-corrected chi connectivity index (χ4v) is 2.71. The summed E-state index contributed by atoms with van der Waals surface area (Å²) in [4.78, 5) is 15.5. The van der Waals surface area contributed by atoms with Gasteiger partial charge in [0.05, 0.1) is 24.6 Å². The van der Waals surface area contributed by atoms with Gasteiger partial charge in [0.25, 0.3) is 0 Å². The molecule has 0 fully saturated rings. The molecule has 2 N–H and O–H groups in total. The molecule has 0 saturated heterocycles. The topological polar surface area (TPSA) is 65.4 Å². The van der Waals surface area contributed by atoms with E-state index >= 15 is 0 Å². The fraction of sp³-hybridized carbons (Fsp3) is 0.423. The molecule has 0 spiro atoms. The summed E-state index contributed by atoms with van der Waals surface area (Å²) >= 11 is 0. The Bertz CT molecular complexity index is 785. The van der Waals surface area contributed by atoms with Gasteiger partial charge in [-0.1, -0.05) is 71.6 Å². The second kappa shape index (κ2) is 18.6. The van der Waals surface area contributed by atoms with Gasteiger partial charge in [0.2, 0.25) is 5.95 Å². The summed E-state index contributed by atoms with van der Waals surface area (Å²) in [7, 11) is 0. The quantitative estimate of drug-likeness (QED) is 0.337. The predicted molar refractivity (Wildman–Crippen MR) is 142 cm³/mol. The van der Waals surface area contributed by atoms with E-state index in [9.17, 15) is 0 Å². The number of aromatic nitrogens is 2. The molecule has 176 valence electrons. The monoisotopic (exact) mass is 438 g/mol. The Kier molecular flexibility index (Phi) is 16.8. The van der Waals surface area contributed by atoms with Crippen LogP contribution in [0.1, 0.15) is 60.5 Å².